The summed E-state index contributed by atoms with van der Waals surface area (Å²) < 4.78 is 6.63. The Balaban J connectivity index is 1.73. The Bertz CT molecular complexity index is 1200. The second-order valence-corrected chi connectivity index (χ2v) is 8.48. The standard InChI is InChI=1S/C26H28N4O5/c1-18(2)35-26(34)27-14-16-28-17-30(29-15-13-21(31)24(32)23(29)25(28)33)22(19-9-5-3-6-10-19)20-11-7-4-8-12-20/h3-13,15,18,22,32H,14,16-17H2,1-2H3,(H,27,34). The van der Waals surface area contributed by atoms with Crippen LogP contribution in [0.2, 0.25) is 0 Å². The second-order valence-electron chi connectivity index (χ2n) is 8.48. The number of aromatic hydroxyl groups is 1. The number of nitrogens with one attached hydrogen (secondary N) is 1. The molecule has 1 aliphatic heterocycles. The van der Waals surface area contributed by atoms with Gasteiger partial charge in [-0.05, 0) is 25.0 Å². The largest absolute Gasteiger partial charge is 0.502 e. The van der Waals surface area contributed by atoms with Gasteiger partial charge in [0.15, 0.2) is 11.4 Å². The molecule has 2 aromatic carbocycles. The Morgan fingerprint density at radius 1 is 1.00 bits per heavy atom. The van der Waals surface area contributed by atoms with Crippen molar-refractivity contribution in [3.8, 4) is 5.75 Å². The Morgan fingerprint density at radius 2 is 1.60 bits per heavy atom. The number of alkyl carbamates (subject to hydrolysis) is 1. The van der Waals surface area contributed by atoms with Gasteiger partial charge in [-0.15, -0.1) is 0 Å². The van der Waals surface area contributed by atoms with Crippen LogP contribution in [0.3, 0.4) is 0 Å². The van der Waals surface area contributed by atoms with Crippen molar-refractivity contribution < 1.29 is 19.4 Å². The fourth-order valence-corrected chi connectivity index (χ4v) is 4.12. The van der Waals surface area contributed by atoms with Crippen LogP contribution in [0.4, 0.5) is 4.79 Å². The van der Waals surface area contributed by atoms with Gasteiger partial charge in [0.25, 0.3) is 5.91 Å². The third-order valence-corrected chi connectivity index (χ3v) is 5.66. The molecule has 0 atom stereocenters. The highest BCUT2D eigenvalue weighted by molar-refractivity contribution is 5.96. The molecule has 35 heavy (non-hydrogen) atoms. The van der Waals surface area contributed by atoms with Crippen LogP contribution in [0.25, 0.3) is 0 Å². The van der Waals surface area contributed by atoms with Crippen LogP contribution < -0.4 is 15.8 Å². The molecule has 2 N–H and O–H groups in total. The van der Waals surface area contributed by atoms with E-state index < -0.39 is 23.2 Å². The maximum Gasteiger partial charge on any atom is 0.407 e. The van der Waals surface area contributed by atoms with Gasteiger partial charge in [0.2, 0.25) is 5.43 Å². The summed E-state index contributed by atoms with van der Waals surface area (Å²) in [6, 6.07) is 20.5. The third kappa shape index (κ3) is 5.13. The Kier molecular flexibility index (Phi) is 7.05. The van der Waals surface area contributed by atoms with E-state index in [0.717, 1.165) is 11.1 Å². The van der Waals surface area contributed by atoms with E-state index in [2.05, 4.69) is 5.32 Å². The van der Waals surface area contributed by atoms with Crippen molar-refractivity contribution in [3.05, 3.63) is 100.0 Å². The maximum absolute atomic E-state index is 13.3. The summed E-state index contributed by atoms with van der Waals surface area (Å²) in [7, 11) is 0. The van der Waals surface area contributed by atoms with Crippen molar-refractivity contribution in [1.82, 2.24) is 14.9 Å². The van der Waals surface area contributed by atoms with Crippen molar-refractivity contribution in [2.24, 2.45) is 0 Å². The van der Waals surface area contributed by atoms with Gasteiger partial charge in [0, 0.05) is 25.4 Å². The molecule has 2 heterocycles. The molecule has 0 saturated carbocycles. The molecule has 9 nitrogen and oxygen atoms in total. The molecule has 0 aliphatic carbocycles. The molecule has 182 valence electrons. The quantitative estimate of drug-likeness (QED) is 0.544. The highest BCUT2D eigenvalue weighted by Gasteiger charge is 2.36. The average molecular weight is 477 g/mol. The first-order chi connectivity index (χ1) is 16.9. The normalized spacial score (nSPS) is 13.2. The predicted molar refractivity (Wildman–Crippen MR) is 131 cm³/mol. The first-order valence-electron chi connectivity index (χ1n) is 11.4. The lowest BCUT2D eigenvalue weighted by atomic mass is 9.98. The lowest BCUT2D eigenvalue weighted by Crippen LogP contribution is -2.56. The van der Waals surface area contributed by atoms with E-state index in [9.17, 15) is 19.5 Å². The van der Waals surface area contributed by atoms with Crippen LogP contribution in [0.1, 0.15) is 41.5 Å². The molecular weight excluding hydrogens is 448 g/mol. The van der Waals surface area contributed by atoms with Gasteiger partial charge in [0.05, 0.1) is 12.1 Å². The highest BCUT2D eigenvalue weighted by Crippen LogP contribution is 2.31. The zero-order chi connectivity index (χ0) is 24.9. The molecule has 3 aromatic rings. The number of aromatic nitrogens is 1. The van der Waals surface area contributed by atoms with Crippen molar-refractivity contribution >= 4 is 12.0 Å². The molecule has 0 spiro atoms. The molecule has 0 radical (unpaired) electrons. The minimum Gasteiger partial charge on any atom is -0.502 e. The number of rotatable bonds is 7. The number of hydrogen-bond donors (Lipinski definition) is 2. The van der Waals surface area contributed by atoms with Crippen LogP contribution in [0, 0.1) is 0 Å². The predicted octanol–water partition coefficient (Wildman–Crippen LogP) is 2.83. The van der Waals surface area contributed by atoms with Crippen LogP contribution in [-0.2, 0) is 4.74 Å². The molecule has 0 saturated heterocycles. The van der Waals surface area contributed by atoms with Crippen molar-refractivity contribution in [2.75, 3.05) is 24.8 Å². The molecule has 2 amide bonds. The lowest BCUT2D eigenvalue weighted by Gasteiger charge is -2.44. The number of pyridine rings is 1. The smallest absolute Gasteiger partial charge is 0.407 e. The number of fused-ring (bicyclic) bond motifs is 1. The van der Waals surface area contributed by atoms with Gasteiger partial charge in [-0.2, -0.15) is 0 Å². The molecule has 1 aliphatic rings. The average Bonchev–Trinajstić information content (AvgIpc) is 2.84. The molecule has 4 rings (SSSR count). The Morgan fingerprint density at radius 3 is 2.17 bits per heavy atom. The fraction of sp³-hybridized carbons (Fsp3) is 0.269. The first kappa shape index (κ1) is 23.9. The lowest BCUT2D eigenvalue weighted by molar-refractivity contribution is 0.0674. The van der Waals surface area contributed by atoms with Crippen LogP contribution in [0.5, 0.6) is 5.75 Å². The van der Waals surface area contributed by atoms with E-state index in [1.165, 1.54) is 17.2 Å². The summed E-state index contributed by atoms with van der Waals surface area (Å²) in [4.78, 5) is 38.9. The number of carbonyl (C=O) groups is 2. The van der Waals surface area contributed by atoms with Crippen molar-refractivity contribution in [3.63, 3.8) is 0 Å². The summed E-state index contributed by atoms with van der Waals surface area (Å²) in [6.07, 6.45) is 0.659. The number of nitrogens with zero attached hydrogens (tertiary/aromatic N) is 3. The number of hydrogen-bond acceptors (Lipinski definition) is 6. The number of carbonyl (C=O) groups excluding carboxylic acids is 2. The summed E-state index contributed by atoms with van der Waals surface area (Å²) in [5, 5.41) is 15.1. The van der Waals surface area contributed by atoms with Gasteiger partial charge in [-0.3, -0.25) is 19.3 Å². The SMILES string of the molecule is CC(C)OC(=O)NCCN1CN(C(c2ccccc2)c2ccccc2)n2ccc(=O)c(O)c2C1=O. The minimum absolute atomic E-state index is 0.120. The van der Waals surface area contributed by atoms with Crippen molar-refractivity contribution in [1.29, 1.82) is 0 Å². The van der Waals surface area contributed by atoms with Crippen LogP contribution in [0.15, 0.2) is 77.7 Å². The van der Waals surface area contributed by atoms with E-state index in [1.54, 1.807) is 18.5 Å². The zero-order valence-electron chi connectivity index (χ0n) is 19.6. The number of ether oxygens (including phenoxy) is 1. The van der Waals surface area contributed by atoms with E-state index in [4.69, 9.17) is 4.74 Å². The molecule has 0 fully saturated rings. The van der Waals surface area contributed by atoms with Gasteiger partial charge < -0.3 is 20.1 Å². The van der Waals surface area contributed by atoms with Crippen LogP contribution in [-0.4, -0.2) is 52.5 Å². The molecule has 9 heteroatoms. The van der Waals surface area contributed by atoms with E-state index >= 15 is 0 Å². The summed E-state index contributed by atoms with van der Waals surface area (Å²) >= 11 is 0. The summed E-state index contributed by atoms with van der Waals surface area (Å²) in [5.41, 5.74) is 1.18. The van der Waals surface area contributed by atoms with Gasteiger partial charge in [0.1, 0.15) is 6.67 Å². The second kappa shape index (κ2) is 10.3. The van der Waals surface area contributed by atoms with Gasteiger partial charge >= 0.3 is 6.09 Å². The zero-order valence-corrected chi connectivity index (χ0v) is 19.6. The van der Waals surface area contributed by atoms with Gasteiger partial charge in [-0.25, -0.2) is 4.79 Å². The number of amides is 2. The Hall–Kier alpha value is -4.27. The fourth-order valence-electron chi connectivity index (χ4n) is 4.12. The molecule has 0 unspecified atom stereocenters. The first-order valence-corrected chi connectivity index (χ1v) is 11.4. The summed E-state index contributed by atoms with van der Waals surface area (Å²) in [6.45, 7) is 3.95. The van der Waals surface area contributed by atoms with Crippen molar-refractivity contribution in [2.45, 2.75) is 26.0 Å². The topological polar surface area (TPSA) is 104 Å². The molecule has 0 bridgehead atoms. The molecule has 1 aromatic heterocycles. The van der Waals surface area contributed by atoms with E-state index in [1.807, 2.05) is 65.7 Å². The van der Waals surface area contributed by atoms with Crippen LogP contribution >= 0.6 is 0 Å². The summed E-state index contributed by atoms with van der Waals surface area (Å²) in [5.74, 6) is -1.12. The number of benzene rings is 2. The minimum atomic E-state index is -0.638. The highest BCUT2D eigenvalue weighted by atomic mass is 16.6. The van der Waals surface area contributed by atoms with E-state index in [-0.39, 0.29) is 37.6 Å². The van der Waals surface area contributed by atoms with Gasteiger partial charge in [-0.1, -0.05) is 60.7 Å². The Labute approximate surface area is 203 Å². The van der Waals surface area contributed by atoms with E-state index in [0.29, 0.717) is 0 Å². The molecular formula is C26H28N4O5. The maximum atomic E-state index is 13.3. The third-order valence-electron chi connectivity index (χ3n) is 5.66. The monoisotopic (exact) mass is 476 g/mol.